The summed E-state index contributed by atoms with van der Waals surface area (Å²) in [6, 6.07) is 1.38. The fourth-order valence-electron chi connectivity index (χ4n) is 3.46. The van der Waals surface area contributed by atoms with Gasteiger partial charge in [-0.15, -0.1) is 0 Å². The highest BCUT2D eigenvalue weighted by molar-refractivity contribution is 5.76. The number of hydrogen-bond acceptors (Lipinski definition) is 3. The minimum atomic E-state index is 0.260. The number of unbranched alkanes of at least 4 members (excludes halogenated alkanes) is 1. The third-order valence-electron chi connectivity index (χ3n) is 4.40. The minimum absolute atomic E-state index is 0.260. The van der Waals surface area contributed by atoms with Crippen LogP contribution in [0.25, 0.3) is 0 Å². The van der Waals surface area contributed by atoms with Crippen molar-refractivity contribution < 1.29 is 4.79 Å². The standard InChI is InChI=1S/C15H29N3O/c1-18(2)8-4-3-7-16-15(19)11-12-9-13-5-6-14(10-12)17-13/h12-14,17H,3-11H2,1-2H3,(H,16,19). The number of carbonyl (C=O) groups is 1. The number of carbonyl (C=O) groups excluding carboxylic acids is 1. The molecule has 2 aliphatic heterocycles. The summed E-state index contributed by atoms with van der Waals surface area (Å²) in [5, 5.41) is 6.70. The van der Waals surface area contributed by atoms with E-state index in [-0.39, 0.29) is 5.91 Å². The summed E-state index contributed by atoms with van der Waals surface area (Å²) in [5.41, 5.74) is 0. The highest BCUT2D eigenvalue weighted by Gasteiger charge is 2.33. The van der Waals surface area contributed by atoms with Gasteiger partial charge in [0, 0.05) is 25.0 Å². The van der Waals surface area contributed by atoms with Crippen molar-refractivity contribution in [2.75, 3.05) is 27.2 Å². The number of rotatable bonds is 7. The van der Waals surface area contributed by atoms with Gasteiger partial charge in [-0.05, 0) is 65.1 Å². The van der Waals surface area contributed by atoms with Crippen LogP contribution in [0.15, 0.2) is 0 Å². The lowest BCUT2D eigenvalue weighted by molar-refractivity contribution is -0.122. The molecule has 2 rings (SSSR count). The van der Waals surface area contributed by atoms with Gasteiger partial charge in [-0.3, -0.25) is 4.79 Å². The van der Waals surface area contributed by atoms with Crippen LogP contribution in [0, 0.1) is 5.92 Å². The molecule has 2 unspecified atom stereocenters. The Kier molecular flexibility index (Phi) is 5.64. The highest BCUT2D eigenvalue weighted by Crippen LogP contribution is 2.32. The largest absolute Gasteiger partial charge is 0.356 e. The molecule has 2 saturated heterocycles. The lowest BCUT2D eigenvalue weighted by Crippen LogP contribution is -2.39. The molecular weight excluding hydrogens is 238 g/mol. The summed E-state index contributed by atoms with van der Waals surface area (Å²) in [4.78, 5) is 14.1. The third-order valence-corrected chi connectivity index (χ3v) is 4.40. The first-order valence-electron chi connectivity index (χ1n) is 7.81. The molecule has 0 radical (unpaired) electrons. The van der Waals surface area contributed by atoms with E-state index in [0.29, 0.717) is 18.0 Å². The average Bonchev–Trinajstić information content (AvgIpc) is 2.68. The van der Waals surface area contributed by atoms with Crippen molar-refractivity contribution in [3.05, 3.63) is 0 Å². The smallest absolute Gasteiger partial charge is 0.220 e. The molecule has 19 heavy (non-hydrogen) atoms. The van der Waals surface area contributed by atoms with E-state index in [0.717, 1.165) is 32.4 Å². The van der Waals surface area contributed by atoms with Crippen molar-refractivity contribution in [3.63, 3.8) is 0 Å². The Morgan fingerprint density at radius 2 is 1.89 bits per heavy atom. The Hall–Kier alpha value is -0.610. The average molecular weight is 267 g/mol. The molecule has 2 atom stereocenters. The number of nitrogens with zero attached hydrogens (tertiary/aromatic N) is 1. The van der Waals surface area contributed by atoms with E-state index in [1.807, 2.05) is 0 Å². The van der Waals surface area contributed by atoms with Crippen molar-refractivity contribution in [2.24, 2.45) is 5.92 Å². The zero-order valence-corrected chi connectivity index (χ0v) is 12.5. The van der Waals surface area contributed by atoms with Crippen molar-refractivity contribution in [2.45, 2.75) is 57.0 Å². The molecular formula is C15H29N3O. The predicted molar refractivity (Wildman–Crippen MR) is 78.1 cm³/mol. The van der Waals surface area contributed by atoms with Gasteiger partial charge in [0.05, 0.1) is 0 Å². The second-order valence-corrected chi connectivity index (χ2v) is 6.54. The van der Waals surface area contributed by atoms with Gasteiger partial charge < -0.3 is 15.5 Å². The zero-order valence-electron chi connectivity index (χ0n) is 12.5. The molecule has 0 aromatic heterocycles. The second kappa shape index (κ2) is 7.25. The fraction of sp³-hybridized carbons (Fsp3) is 0.933. The number of amides is 1. The van der Waals surface area contributed by atoms with Crippen molar-refractivity contribution >= 4 is 5.91 Å². The van der Waals surface area contributed by atoms with Crippen LogP contribution in [-0.2, 0) is 4.79 Å². The van der Waals surface area contributed by atoms with Crippen molar-refractivity contribution in [1.82, 2.24) is 15.5 Å². The maximum absolute atomic E-state index is 11.9. The topological polar surface area (TPSA) is 44.4 Å². The molecule has 0 aliphatic carbocycles. The Labute approximate surface area is 117 Å². The monoisotopic (exact) mass is 267 g/mol. The van der Waals surface area contributed by atoms with E-state index in [4.69, 9.17) is 0 Å². The van der Waals surface area contributed by atoms with Crippen LogP contribution >= 0.6 is 0 Å². The molecule has 0 aromatic rings. The van der Waals surface area contributed by atoms with Gasteiger partial charge in [-0.25, -0.2) is 0 Å². The lowest BCUT2D eigenvalue weighted by Gasteiger charge is -2.28. The Morgan fingerprint density at radius 1 is 1.21 bits per heavy atom. The molecule has 2 N–H and O–H groups in total. The molecule has 2 bridgehead atoms. The van der Waals surface area contributed by atoms with Crippen LogP contribution in [0.2, 0.25) is 0 Å². The summed E-state index contributed by atoms with van der Waals surface area (Å²) >= 11 is 0. The molecule has 2 fully saturated rings. The maximum atomic E-state index is 11.9. The molecule has 4 nitrogen and oxygen atoms in total. The van der Waals surface area contributed by atoms with Crippen LogP contribution in [0.4, 0.5) is 0 Å². The summed E-state index contributed by atoms with van der Waals surface area (Å²) in [7, 11) is 4.17. The highest BCUT2D eigenvalue weighted by atomic mass is 16.1. The van der Waals surface area contributed by atoms with Gasteiger partial charge >= 0.3 is 0 Å². The van der Waals surface area contributed by atoms with Gasteiger partial charge in [-0.1, -0.05) is 0 Å². The normalized spacial score (nSPS) is 29.7. The first-order valence-corrected chi connectivity index (χ1v) is 7.81. The van der Waals surface area contributed by atoms with Crippen LogP contribution in [0.3, 0.4) is 0 Å². The molecule has 2 heterocycles. The molecule has 0 saturated carbocycles. The van der Waals surface area contributed by atoms with Gasteiger partial charge in [0.2, 0.25) is 5.91 Å². The van der Waals surface area contributed by atoms with Crippen molar-refractivity contribution in [3.8, 4) is 0 Å². The summed E-state index contributed by atoms with van der Waals surface area (Å²) < 4.78 is 0. The van der Waals surface area contributed by atoms with Crippen LogP contribution < -0.4 is 10.6 Å². The molecule has 0 spiro atoms. The Balaban J connectivity index is 1.54. The lowest BCUT2D eigenvalue weighted by atomic mass is 9.89. The zero-order chi connectivity index (χ0) is 13.7. The molecule has 0 aromatic carbocycles. The summed E-state index contributed by atoms with van der Waals surface area (Å²) in [6.07, 6.45) is 8.00. The number of piperidine rings is 1. The minimum Gasteiger partial charge on any atom is -0.356 e. The van der Waals surface area contributed by atoms with Crippen LogP contribution in [0.1, 0.15) is 44.9 Å². The summed E-state index contributed by atoms with van der Waals surface area (Å²) in [5.74, 6) is 0.872. The fourth-order valence-corrected chi connectivity index (χ4v) is 3.46. The first kappa shape index (κ1) is 14.8. The maximum Gasteiger partial charge on any atom is 0.220 e. The number of nitrogens with one attached hydrogen (secondary N) is 2. The molecule has 4 heteroatoms. The van der Waals surface area contributed by atoms with E-state index < -0.39 is 0 Å². The van der Waals surface area contributed by atoms with Gasteiger partial charge in [-0.2, -0.15) is 0 Å². The Morgan fingerprint density at radius 3 is 2.53 bits per heavy atom. The van der Waals surface area contributed by atoms with Crippen LogP contribution in [-0.4, -0.2) is 50.1 Å². The van der Waals surface area contributed by atoms with Gasteiger partial charge in [0.1, 0.15) is 0 Å². The Bertz CT molecular complexity index is 281. The first-order chi connectivity index (χ1) is 9.13. The van der Waals surface area contributed by atoms with E-state index >= 15 is 0 Å². The van der Waals surface area contributed by atoms with E-state index in [9.17, 15) is 4.79 Å². The van der Waals surface area contributed by atoms with E-state index in [1.54, 1.807) is 0 Å². The number of hydrogen-bond donors (Lipinski definition) is 2. The second-order valence-electron chi connectivity index (χ2n) is 6.54. The quantitative estimate of drug-likeness (QED) is 0.685. The number of fused-ring (bicyclic) bond motifs is 2. The molecule has 110 valence electrons. The van der Waals surface area contributed by atoms with Crippen molar-refractivity contribution in [1.29, 1.82) is 0 Å². The van der Waals surface area contributed by atoms with Gasteiger partial charge in [0.15, 0.2) is 0 Å². The third kappa shape index (κ3) is 5.11. The molecule has 2 aliphatic rings. The SMILES string of the molecule is CN(C)CCCCNC(=O)CC1CC2CCC(C1)N2. The molecule has 1 amide bonds. The summed E-state index contributed by atoms with van der Waals surface area (Å²) in [6.45, 7) is 1.94. The van der Waals surface area contributed by atoms with E-state index in [2.05, 4.69) is 29.6 Å². The van der Waals surface area contributed by atoms with Crippen LogP contribution in [0.5, 0.6) is 0 Å². The van der Waals surface area contributed by atoms with Gasteiger partial charge in [0.25, 0.3) is 0 Å². The van der Waals surface area contributed by atoms with E-state index in [1.165, 1.54) is 25.7 Å². The predicted octanol–water partition coefficient (Wildman–Crippen LogP) is 1.37.